The van der Waals surface area contributed by atoms with Crippen LogP contribution in [0.1, 0.15) is 11.3 Å². The van der Waals surface area contributed by atoms with Gasteiger partial charge in [0.15, 0.2) is 0 Å². The first-order valence-electron chi connectivity index (χ1n) is 5.00. The highest BCUT2D eigenvalue weighted by Crippen LogP contribution is 2.25. The molecule has 0 aliphatic carbocycles. The Kier molecular flexibility index (Phi) is 3.24. The number of halogens is 2. The van der Waals surface area contributed by atoms with Crippen molar-refractivity contribution >= 4 is 11.6 Å². The van der Waals surface area contributed by atoms with Crippen molar-refractivity contribution in [2.24, 2.45) is 0 Å². The normalized spacial score (nSPS) is 10.4. The maximum Gasteiger partial charge on any atom is 0.225 e. The summed E-state index contributed by atoms with van der Waals surface area (Å²) in [6.45, 7) is 3.55. The minimum absolute atomic E-state index is 0.125. The Morgan fingerprint density at radius 3 is 2.59 bits per heavy atom. The van der Waals surface area contributed by atoms with E-state index in [1.165, 1.54) is 12.1 Å². The van der Waals surface area contributed by atoms with E-state index in [0.29, 0.717) is 22.9 Å². The molecular weight excluding hydrogens is 243 g/mol. The average molecular weight is 253 g/mol. The summed E-state index contributed by atoms with van der Waals surface area (Å²) in [6, 6.07) is 5.94. The van der Waals surface area contributed by atoms with Gasteiger partial charge in [0.25, 0.3) is 0 Å². The Morgan fingerprint density at radius 1 is 1.18 bits per heavy atom. The molecule has 17 heavy (non-hydrogen) atoms. The lowest BCUT2D eigenvalue weighted by Gasteiger charge is -2.08. The molecule has 88 valence electrons. The maximum absolute atomic E-state index is 12.9. The molecule has 1 aromatic heterocycles. The van der Waals surface area contributed by atoms with E-state index in [0.717, 1.165) is 0 Å². The van der Waals surface area contributed by atoms with Crippen LogP contribution in [0.3, 0.4) is 0 Å². The maximum atomic E-state index is 12.9. The SMILES string of the molecule is Cc1cc(Oc2ccc(F)cc2C)nc(Cl)n1. The first-order valence-corrected chi connectivity index (χ1v) is 5.37. The number of hydrogen-bond donors (Lipinski definition) is 0. The summed E-state index contributed by atoms with van der Waals surface area (Å²) in [5, 5.41) is 0.125. The molecule has 1 heterocycles. The molecule has 0 amide bonds. The molecule has 0 fully saturated rings. The second-order valence-electron chi connectivity index (χ2n) is 3.63. The Labute approximate surface area is 103 Å². The van der Waals surface area contributed by atoms with Crippen LogP contribution >= 0.6 is 11.6 Å². The van der Waals surface area contributed by atoms with E-state index in [1.807, 2.05) is 0 Å². The summed E-state index contributed by atoms with van der Waals surface area (Å²) in [7, 11) is 0. The van der Waals surface area contributed by atoms with Gasteiger partial charge in [-0.3, -0.25) is 0 Å². The third kappa shape index (κ3) is 2.91. The van der Waals surface area contributed by atoms with Crippen molar-refractivity contribution in [1.82, 2.24) is 9.97 Å². The van der Waals surface area contributed by atoms with Crippen LogP contribution in [0.25, 0.3) is 0 Å². The summed E-state index contributed by atoms with van der Waals surface area (Å²) in [5.74, 6) is 0.588. The number of rotatable bonds is 2. The standard InChI is InChI=1S/C12H10ClFN2O/c1-7-5-9(14)3-4-10(7)17-11-6-8(2)15-12(13)16-11/h3-6H,1-2H3. The molecule has 3 nitrogen and oxygen atoms in total. The number of hydrogen-bond acceptors (Lipinski definition) is 3. The Bertz CT molecular complexity index is 540. The zero-order valence-corrected chi connectivity index (χ0v) is 10.1. The molecule has 0 saturated heterocycles. The number of ether oxygens (including phenoxy) is 1. The van der Waals surface area contributed by atoms with Gasteiger partial charge in [-0.2, -0.15) is 4.98 Å². The van der Waals surface area contributed by atoms with Gasteiger partial charge in [-0.1, -0.05) is 0 Å². The molecule has 2 rings (SSSR count). The highest BCUT2D eigenvalue weighted by molar-refractivity contribution is 6.28. The van der Waals surface area contributed by atoms with Gasteiger partial charge in [-0.05, 0) is 49.2 Å². The van der Waals surface area contributed by atoms with Crippen LogP contribution in [0.5, 0.6) is 11.6 Å². The van der Waals surface area contributed by atoms with Crippen LogP contribution in [0.15, 0.2) is 24.3 Å². The van der Waals surface area contributed by atoms with Gasteiger partial charge in [0.05, 0.1) is 0 Å². The largest absolute Gasteiger partial charge is 0.439 e. The van der Waals surface area contributed by atoms with Crippen LogP contribution in [-0.2, 0) is 0 Å². The van der Waals surface area contributed by atoms with E-state index < -0.39 is 0 Å². The molecular formula is C12H10ClFN2O. The van der Waals surface area contributed by atoms with Gasteiger partial charge in [0.1, 0.15) is 11.6 Å². The molecule has 0 saturated carbocycles. The van der Waals surface area contributed by atoms with Gasteiger partial charge < -0.3 is 4.74 Å². The molecule has 0 aliphatic heterocycles. The van der Waals surface area contributed by atoms with Crippen molar-refractivity contribution in [2.75, 3.05) is 0 Å². The van der Waals surface area contributed by atoms with Crippen LogP contribution < -0.4 is 4.74 Å². The van der Waals surface area contributed by atoms with E-state index in [4.69, 9.17) is 16.3 Å². The highest BCUT2D eigenvalue weighted by Gasteiger charge is 2.06. The van der Waals surface area contributed by atoms with E-state index in [1.54, 1.807) is 26.0 Å². The van der Waals surface area contributed by atoms with Crippen LogP contribution in [-0.4, -0.2) is 9.97 Å². The lowest BCUT2D eigenvalue weighted by molar-refractivity contribution is 0.455. The fourth-order valence-electron chi connectivity index (χ4n) is 1.40. The minimum Gasteiger partial charge on any atom is -0.439 e. The smallest absolute Gasteiger partial charge is 0.225 e. The number of benzene rings is 1. The van der Waals surface area contributed by atoms with Crippen LogP contribution in [0, 0.1) is 19.7 Å². The molecule has 0 N–H and O–H groups in total. The Balaban J connectivity index is 2.31. The van der Waals surface area contributed by atoms with Gasteiger partial charge in [-0.25, -0.2) is 9.37 Å². The lowest BCUT2D eigenvalue weighted by atomic mass is 10.2. The van der Waals surface area contributed by atoms with Crippen molar-refractivity contribution in [1.29, 1.82) is 0 Å². The van der Waals surface area contributed by atoms with E-state index in [9.17, 15) is 4.39 Å². The number of aromatic nitrogens is 2. The first kappa shape index (κ1) is 11.8. The summed E-state index contributed by atoms with van der Waals surface area (Å²) >= 11 is 5.72. The zero-order valence-electron chi connectivity index (χ0n) is 9.37. The minimum atomic E-state index is -0.299. The quantitative estimate of drug-likeness (QED) is 0.765. The molecule has 0 spiro atoms. The zero-order chi connectivity index (χ0) is 12.4. The van der Waals surface area contributed by atoms with Crippen molar-refractivity contribution in [3.8, 4) is 11.6 Å². The first-order chi connectivity index (χ1) is 8.04. The predicted octanol–water partition coefficient (Wildman–Crippen LogP) is 3.68. The van der Waals surface area contributed by atoms with Gasteiger partial charge in [0.2, 0.25) is 11.2 Å². The predicted molar refractivity (Wildman–Crippen MR) is 63.0 cm³/mol. The topological polar surface area (TPSA) is 35.0 Å². The summed E-state index contributed by atoms with van der Waals surface area (Å²) in [6.07, 6.45) is 0. The van der Waals surface area contributed by atoms with E-state index in [-0.39, 0.29) is 11.1 Å². The van der Waals surface area contributed by atoms with Crippen molar-refractivity contribution < 1.29 is 9.13 Å². The lowest BCUT2D eigenvalue weighted by Crippen LogP contribution is -1.94. The Morgan fingerprint density at radius 2 is 1.94 bits per heavy atom. The van der Waals surface area contributed by atoms with Crippen molar-refractivity contribution in [2.45, 2.75) is 13.8 Å². The van der Waals surface area contributed by atoms with Gasteiger partial charge >= 0.3 is 0 Å². The van der Waals surface area contributed by atoms with Crippen molar-refractivity contribution in [3.05, 3.63) is 46.6 Å². The summed E-state index contributed by atoms with van der Waals surface area (Å²) in [5.41, 5.74) is 1.40. The molecule has 5 heteroatoms. The van der Waals surface area contributed by atoms with E-state index in [2.05, 4.69) is 9.97 Å². The highest BCUT2D eigenvalue weighted by atomic mass is 35.5. The molecule has 0 radical (unpaired) electrons. The average Bonchev–Trinajstić information content (AvgIpc) is 2.21. The molecule has 2 aromatic rings. The number of aryl methyl sites for hydroxylation is 2. The molecule has 0 unspecified atom stereocenters. The second kappa shape index (κ2) is 4.67. The monoisotopic (exact) mass is 252 g/mol. The van der Waals surface area contributed by atoms with E-state index >= 15 is 0 Å². The fourth-order valence-corrected chi connectivity index (χ4v) is 1.61. The van der Waals surface area contributed by atoms with Gasteiger partial charge in [-0.15, -0.1) is 0 Å². The Hall–Kier alpha value is -1.68. The molecule has 0 atom stereocenters. The van der Waals surface area contributed by atoms with Crippen LogP contribution in [0.4, 0.5) is 4.39 Å². The molecule has 1 aromatic carbocycles. The molecule has 0 aliphatic rings. The number of nitrogens with zero attached hydrogens (tertiary/aromatic N) is 2. The van der Waals surface area contributed by atoms with Crippen molar-refractivity contribution in [3.63, 3.8) is 0 Å². The summed E-state index contributed by atoms with van der Waals surface area (Å²) < 4.78 is 18.4. The third-order valence-corrected chi connectivity index (χ3v) is 2.32. The second-order valence-corrected chi connectivity index (χ2v) is 3.97. The fraction of sp³-hybridized carbons (Fsp3) is 0.167. The van der Waals surface area contributed by atoms with Gasteiger partial charge in [0, 0.05) is 11.8 Å². The summed E-state index contributed by atoms with van der Waals surface area (Å²) in [4.78, 5) is 7.86. The molecule has 0 bridgehead atoms. The van der Waals surface area contributed by atoms with Crippen LogP contribution in [0.2, 0.25) is 5.28 Å². The third-order valence-electron chi connectivity index (χ3n) is 2.15.